The van der Waals surface area contributed by atoms with E-state index in [1.54, 1.807) is 24.8 Å². The zero-order chi connectivity index (χ0) is 17.8. The van der Waals surface area contributed by atoms with E-state index in [2.05, 4.69) is 29.0 Å². The fourth-order valence-corrected chi connectivity index (χ4v) is 2.91. The fraction of sp³-hybridized carbons (Fsp3) is 0.0952. The molecule has 0 bridgehead atoms. The van der Waals surface area contributed by atoms with Gasteiger partial charge in [0.25, 0.3) is 0 Å². The van der Waals surface area contributed by atoms with Crippen molar-refractivity contribution in [1.82, 2.24) is 9.97 Å². The second-order valence-corrected chi connectivity index (χ2v) is 5.93. The molecule has 4 heteroatoms. The number of nitrogens with zero attached hydrogens (tertiary/aromatic N) is 2. The molecule has 0 fully saturated rings. The third-order valence-electron chi connectivity index (χ3n) is 4.12. The molecule has 3 N–H and O–H groups in total. The molecule has 4 nitrogen and oxygen atoms in total. The van der Waals surface area contributed by atoms with Crippen molar-refractivity contribution in [1.29, 1.82) is 5.41 Å². The Kier molecular flexibility index (Phi) is 4.70. The monoisotopic (exact) mass is 328 g/mol. The second-order valence-electron chi connectivity index (χ2n) is 5.93. The van der Waals surface area contributed by atoms with Gasteiger partial charge in [-0.05, 0) is 60.4 Å². The van der Waals surface area contributed by atoms with Gasteiger partial charge in [0.2, 0.25) is 0 Å². The van der Waals surface area contributed by atoms with Crippen LogP contribution in [0, 0.1) is 12.3 Å². The van der Waals surface area contributed by atoms with Gasteiger partial charge in [0, 0.05) is 41.6 Å². The van der Waals surface area contributed by atoms with Crippen LogP contribution in [-0.4, -0.2) is 15.7 Å². The first-order chi connectivity index (χ1) is 12.1. The summed E-state index contributed by atoms with van der Waals surface area (Å²) >= 11 is 0. The lowest BCUT2D eigenvalue weighted by molar-refractivity contribution is 1.30. The van der Waals surface area contributed by atoms with E-state index < -0.39 is 0 Å². The standard InChI is InChI=1S/C21H20N4/c1-14-13-18(3-4-19(14)16-5-9-24-10-6-16)20(15(2)22)21(23)17-7-11-25-12-8-17/h3-13,23H,22H2,1-2H3/b20-15-,23-21?. The Balaban J connectivity index is 2.04. The third-order valence-corrected chi connectivity index (χ3v) is 4.12. The molecule has 0 atom stereocenters. The number of benzene rings is 1. The Morgan fingerprint density at radius 1 is 0.880 bits per heavy atom. The van der Waals surface area contributed by atoms with Crippen LogP contribution in [-0.2, 0) is 0 Å². The molecule has 124 valence electrons. The number of hydrogen-bond donors (Lipinski definition) is 2. The number of rotatable bonds is 4. The van der Waals surface area contributed by atoms with Crippen molar-refractivity contribution in [3.63, 3.8) is 0 Å². The number of nitrogens with one attached hydrogen (secondary N) is 1. The highest BCUT2D eigenvalue weighted by molar-refractivity contribution is 6.30. The van der Waals surface area contributed by atoms with E-state index in [1.165, 1.54) is 0 Å². The molecular weight excluding hydrogens is 308 g/mol. The normalized spacial score (nSPS) is 11.8. The zero-order valence-electron chi connectivity index (χ0n) is 14.3. The molecule has 3 aromatic rings. The van der Waals surface area contributed by atoms with Gasteiger partial charge < -0.3 is 5.73 Å². The minimum absolute atomic E-state index is 0.401. The molecule has 0 saturated heterocycles. The second kappa shape index (κ2) is 7.09. The summed E-state index contributed by atoms with van der Waals surface area (Å²) in [5, 5.41) is 8.57. The van der Waals surface area contributed by atoms with Gasteiger partial charge in [-0.25, -0.2) is 0 Å². The Morgan fingerprint density at radius 2 is 1.48 bits per heavy atom. The lowest BCUT2D eigenvalue weighted by atomic mass is 9.91. The van der Waals surface area contributed by atoms with Gasteiger partial charge in [0.05, 0.1) is 5.71 Å². The quantitative estimate of drug-likeness (QED) is 0.704. The highest BCUT2D eigenvalue weighted by atomic mass is 14.6. The maximum atomic E-state index is 8.57. The van der Waals surface area contributed by atoms with Gasteiger partial charge in [-0.15, -0.1) is 0 Å². The molecule has 2 aromatic heterocycles. The van der Waals surface area contributed by atoms with Crippen molar-refractivity contribution in [3.8, 4) is 11.1 Å². The number of allylic oxidation sites excluding steroid dienone is 2. The molecule has 0 aliphatic heterocycles. The SMILES string of the molecule is C/C(N)=C(/C(=N)c1ccncc1)c1ccc(-c2ccncc2)c(C)c1. The Bertz CT molecular complexity index is 925. The summed E-state index contributed by atoms with van der Waals surface area (Å²) in [4.78, 5) is 8.08. The van der Waals surface area contributed by atoms with Gasteiger partial charge in [0.1, 0.15) is 0 Å². The van der Waals surface area contributed by atoms with Gasteiger partial charge in [0.15, 0.2) is 0 Å². The van der Waals surface area contributed by atoms with Crippen LogP contribution >= 0.6 is 0 Å². The van der Waals surface area contributed by atoms with Crippen molar-refractivity contribution in [2.45, 2.75) is 13.8 Å². The maximum absolute atomic E-state index is 8.57. The van der Waals surface area contributed by atoms with Crippen LogP contribution in [0.4, 0.5) is 0 Å². The highest BCUT2D eigenvalue weighted by Gasteiger charge is 2.14. The first kappa shape index (κ1) is 16.6. The van der Waals surface area contributed by atoms with Gasteiger partial charge in [-0.1, -0.05) is 18.2 Å². The number of aromatic nitrogens is 2. The molecule has 0 saturated carbocycles. The molecule has 3 rings (SSSR count). The summed E-state index contributed by atoms with van der Waals surface area (Å²) in [6, 6.07) is 13.8. The minimum Gasteiger partial charge on any atom is -0.402 e. The van der Waals surface area contributed by atoms with Crippen LogP contribution < -0.4 is 5.73 Å². The molecular formula is C21H20N4. The van der Waals surface area contributed by atoms with E-state index in [-0.39, 0.29) is 0 Å². The Labute approximate surface area is 147 Å². The van der Waals surface area contributed by atoms with Crippen molar-refractivity contribution in [2.75, 3.05) is 0 Å². The van der Waals surface area contributed by atoms with E-state index >= 15 is 0 Å². The number of pyridine rings is 2. The van der Waals surface area contributed by atoms with E-state index in [4.69, 9.17) is 11.1 Å². The van der Waals surface area contributed by atoms with Gasteiger partial charge in [-0.2, -0.15) is 0 Å². The van der Waals surface area contributed by atoms with E-state index in [0.717, 1.165) is 33.4 Å². The van der Waals surface area contributed by atoms with Crippen molar-refractivity contribution in [2.24, 2.45) is 5.73 Å². The summed E-state index contributed by atoms with van der Waals surface area (Å²) < 4.78 is 0. The topological polar surface area (TPSA) is 75.7 Å². The lowest BCUT2D eigenvalue weighted by Gasteiger charge is -2.14. The molecule has 0 aliphatic carbocycles. The maximum Gasteiger partial charge on any atom is 0.0708 e. The van der Waals surface area contributed by atoms with Gasteiger partial charge >= 0.3 is 0 Å². The number of hydrogen-bond acceptors (Lipinski definition) is 4. The zero-order valence-corrected chi connectivity index (χ0v) is 14.3. The summed E-state index contributed by atoms with van der Waals surface area (Å²) in [6.45, 7) is 3.90. The molecule has 2 heterocycles. The average molecular weight is 328 g/mol. The lowest BCUT2D eigenvalue weighted by Crippen LogP contribution is -2.09. The van der Waals surface area contributed by atoms with Gasteiger partial charge in [-0.3, -0.25) is 15.4 Å². The van der Waals surface area contributed by atoms with Crippen LogP contribution in [0.15, 0.2) is 72.9 Å². The van der Waals surface area contributed by atoms with Crippen molar-refractivity contribution in [3.05, 3.63) is 89.6 Å². The number of aryl methyl sites for hydroxylation is 1. The van der Waals surface area contributed by atoms with E-state index in [0.29, 0.717) is 11.4 Å². The predicted molar refractivity (Wildman–Crippen MR) is 102 cm³/mol. The average Bonchev–Trinajstić information content (AvgIpc) is 2.63. The number of nitrogens with two attached hydrogens (primary N) is 1. The largest absolute Gasteiger partial charge is 0.402 e. The highest BCUT2D eigenvalue weighted by Crippen LogP contribution is 2.28. The van der Waals surface area contributed by atoms with Crippen molar-refractivity contribution < 1.29 is 0 Å². The third kappa shape index (κ3) is 3.48. The first-order valence-electron chi connectivity index (χ1n) is 8.05. The molecule has 25 heavy (non-hydrogen) atoms. The summed E-state index contributed by atoms with van der Waals surface area (Å²) in [5.74, 6) is 0. The fourth-order valence-electron chi connectivity index (χ4n) is 2.91. The van der Waals surface area contributed by atoms with Crippen LogP contribution in [0.5, 0.6) is 0 Å². The van der Waals surface area contributed by atoms with Crippen LogP contribution in [0.2, 0.25) is 0 Å². The molecule has 0 amide bonds. The Hall–Kier alpha value is -3.27. The summed E-state index contributed by atoms with van der Waals surface area (Å²) in [6.07, 6.45) is 6.95. The molecule has 0 aliphatic rings. The minimum atomic E-state index is 0.401. The molecule has 0 radical (unpaired) electrons. The predicted octanol–water partition coefficient (Wildman–Crippen LogP) is 4.21. The molecule has 1 aromatic carbocycles. The summed E-state index contributed by atoms with van der Waals surface area (Å²) in [5.41, 5.74) is 13.0. The summed E-state index contributed by atoms with van der Waals surface area (Å²) in [7, 11) is 0. The molecule has 0 unspecified atom stereocenters. The van der Waals surface area contributed by atoms with E-state index in [9.17, 15) is 0 Å². The van der Waals surface area contributed by atoms with Crippen LogP contribution in [0.25, 0.3) is 16.7 Å². The smallest absolute Gasteiger partial charge is 0.0708 e. The molecule has 0 spiro atoms. The van der Waals surface area contributed by atoms with Crippen molar-refractivity contribution >= 4 is 11.3 Å². The first-order valence-corrected chi connectivity index (χ1v) is 8.05. The van der Waals surface area contributed by atoms with Crippen LogP contribution in [0.3, 0.4) is 0 Å². The Morgan fingerprint density at radius 3 is 2.04 bits per heavy atom. The van der Waals surface area contributed by atoms with Crippen LogP contribution in [0.1, 0.15) is 23.6 Å². The van der Waals surface area contributed by atoms with E-state index in [1.807, 2.05) is 37.3 Å².